The highest BCUT2D eigenvalue weighted by Crippen LogP contribution is 2.46. The van der Waals surface area contributed by atoms with Crippen LogP contribution in [0.2, 0.25) is 0 Å². The van der Waals surface area contributed by atoms with E-state index >= 15 is 0 Å². The molecule has 1 fully saturated rings. The number of rotatable bonds is 16. The van der Waals surface area contributed by atoms with Gasteiger partial charge in [-0.15, -0.1) is 0 Å². The highest BCUT2D eigenvalue weighted by Gasteiger charge is 2.45. The summed E-state index contributed by atoms with van der Waals surface area (Å²) >= 11 is 0. The van der Waals surface area contributed by atoms with Crippen molar-refractivity contribution in [3.63, 3.8) is 0 Å². The highest BCUT2D eigenvalue weighted by molar-refractivity contribution is 7.89. The second-order valence-electron chi connectivity index (χ2n) is 15.3. The zero-order chi connectivity index (χ0) is 38.5. The number of amides is 2. The van der Waals surface area contributed by atoms with Crippen molar-refractivity contribution < 1.29 is 36.3 Å². The monoisotopic (exact) mass is 744 g/mol. The summed E-state index contributed by atoms with van der Waals surface area (Å²) in [6.45, 7) is 10.5. The molecule has 0 unspecified atom stereocenters. The lowest BCUT2D eigenvalue weighted by atomic mass is 9.85. The Labute approximate surface area is 305 Å². The van der Waals surface area contributed by atoms with Crippen molar-refractivity contribution in [2.75, 3.05) is 19.6 Å². The van der Waals surface area contributed by atoms with E-state index < -0.39 is 62.7 Å². The Hall–Kier alpha value is -3.78. The molecule has 0 aromatic heterocycles. The molecule has 4 N–H and O–H groups in total. The molecule has 0 spiro atoms. The normalized spacial score (nSPS) is 16.3. The quantitative estimate of drug-likeness (QED) is 0.152. The number of alkyl halides is 3. The van der Waals surface area contributed by atoms with Crippen LogP contribution in [0.3, 0.4) is 0 Å². The molecule has 1 saturated carbocycles. The first-order chi connectivity index (χ1) is 24.2. The van der Waals surface area contributed by atoms with Crippen LogP contribution in [0.25, 0.3) is 0 Å². The lowest BCUT2D eigenvalue weighted by Crippen LogP contribution is -2.59. The molecule has 3 aromatic rings. The summed E-state index contributed by atoms with van der Waals surface area (Å²) < 4.78 is 68.9. The number of aryl methyl sites for hydroxylation is 1. The van der Waals surface area contributed by atoms with Crippen molar-refractivity contribution >= 4 is 21.8 Å². The first kappa shape index (κ1) is 41.0. The van der Waals surface area contributed by atoms with E-state index in [1.807, 2.05) is 51.1 Å². The molecule has 3 aromatic carbocycles. The SMILES string of the molecule is Cc1ccc(S(=O)(=O)N(CC(C)C)C[C@@H](O)[C@H](Cc2ccccc2)NC(=O)[C@@H](NC(=O)CNC2(c3cccc(C(F)(F)F)c3)CC2)C(C)(C)C)cc1. The molecule has 9 nitrogen and oxygen atoms in total. The van der Waals surface area contributed by atoms with Gasteiger partial charge in [0, 0.05) is 18.6 Å². The lowest BCUT2D eigenvalue weighted by molar-refractivity contribution is -0.137. The zero-order valence-corrected chi connectivity index (χ0v) is 31.4. The zero-order valence-electron chi connectivity index (χ0n) is 30.6. The van der Waals surface area contributed by atoms with Gasteiger partial charge in [-0.3, -0.25) is 14.9 Å². The van der Waals surface area contributed by atoms with Gasteiger partial charge in [-0.1, -0.05) is 94.8 Å². The minimum Gasteiger partial charge on any atom is -0.390 e. The van der Waals surface area contributed by atoms with Crippen molar-refractivity contribution in [3.8, 4) is 0 Å². The molecular formula is C39H51F3N4O5S. The third kappa shape index (κ3) is 10.9. The molecule has 0 aliphatic heterocycles. The van der Waals surface area contributed by atoms with Gasteiger partial charge in [0.1, 0.15) is 6.04 Å². The number of hydrogen-bond donors (Lipinski definition) is 4. The van der Waals surface area contributed by atoms with E-state index in [4.69, 9.17) is 0 Å². The fourth-order valence-corrected chi connectivity index (χ4v) is 7.73. The van der Waals surface area contributed by atoms with Crippen molar-refractivity contribution in [1.82, 2.24) is 20.3 Å². The fourth-order valence-electron chi connectivity index (χ4n) is 6.11. The van der Waals surface area contributed by atoms with Gasteiger partial charge in [0.05, 0.1) is 29.1 Å². The molecule has 2 amide bonds. The number of aliphatic hydroxyl groups excluding tert-OH is 1. The molecule has 1 aliphatic carbocycles. The third-order valence-corrected chi connectivity index (χ3v) is 11.1. The number of aliphatic hydroxyl groups is 1. The smallest absolute Gasteiger partial charge is 0.390 e. The molecule has 0 bridgehead atoms. The molecule has 13 heteroatoms. The predicted molar refractivity (Wildman–Crippen MR) is 195 cm³/mol. The van der Waals surface area contributed by atoms with Gasteiger partial charge in [-0.2, -0.15) is 17.5 Å². The lowest BCUT2D eigenvalue weighted by Gasteiger charge is -2.34. The summed E-state index contributed by atoms with van der Waals surface area (Å²) in [6.07, 6.45) is -4.54. The van der Waals surface area contributed by atoms with Crippen molar-refractivity contribution in [3.05, 3.63) is 101 Å². The number of nitrogens with zero attached hydrogens (tertiary/aromatic N) is 1. The molecular weight excluding hydrogens is 694 g/mol. The number of halogens is 3. The minimum absolute atomic E-state index is 0.0629. The van der Waals surface area contributed by atoms with Crippen LogP contribution in [0.15, 0.2) is 83.8 Å². The highest BCUT2D eigenvalue weighted by atomic mass is 32.2. The third-order valence-electron chi connectivity index (χ3n) is 9.22. The molecule has 52 heavy (non-hydrogen) atoms. The Bertz CT molecular complexity index is 1770. The maximum absolute atomic E-state index is 14.0. The molecule has 284 valence electrons. The van der Waals surface area contributed by atoms with Crippen LogP contribution in [0.4, 0.5) is 13.2 Å². The molecule has 0 radical (unpaired) electrons. The first-order valence-electron chi connectivity index (χ1n) is 17.5. The Morgan fingerprint density at radius 2 is 1.54 bits per heavy atom. The number of sulfonamides is 1. The van der Waals surface area contributed by atoms with Gasteiger partial charge < -0.3 is 15.7 Å². The van der Waals surface area contributed by atoms with Crippen LogP contribution in [0, 0.1) is 18.3 Å². The largest absolute Gasteiger partial charge is 0.416 e. The summed E-state index contributed by atoms with van der Waals surface area (Å²) in [5.74, 6) is -1.16. The Balaban J connectivity index is 1.52. The number of carbonyl (C=O) groups is 2. The topological polar surface area (TPSA) is 128 Å². The van der Waals surface area contributed by atoms with E-state index in [1.54, 1.807) is 39.0 Å². The van der Waals surface area contributed by atoms with Crippen molar-refractivity contribution in [1.29, 1.82) is 0 Å². The fraction of sp³-hybridized carbons (Fsp3) is 0.487. The van der Waals surface area contributed by atoms with E-state index in [0.29, 0.717) is 18.4 Å². The van der Waals surface area contributed by atoms with E-state index in [0.717, 1.165) is 23.3 Å². The Kier molecular flexibility index (Phi) is 13.0. The molecule has 1 aliphatic rings. The van der Waals surface area contributed by atoms with E-state index in [9.17, 15) is 36.3 Å². The average molecular weight is 745 g/mol. The Morgan fingerprint density at radius 3 is 2.10 bits per heavy atom. The molecule has 0 heterocycles. The molecule has 3 atom stereocenters. The van der Waals surface area contributed by atoms with Crippen molar-refractivity contribution in [2.45, 2.75) is 95.6 Å². The van der Waals surface area contributed by atoms with Gasteiger partial charge in [-0.25, -0.2) is 8.42 Å². The summed E-state index contributed by atoms with van der Waals surface area (Å²) in [5, 5.41) is 20.5. The minimum atomic E-state index is -4.50. The second-order valence-corrected chi connectivity index (χ2v) is 17.2. The second kappa shape index (κ2) is 16.5. The van der Waals surface area contributed by atoms with Crippen LogP contribution in [-0.4, -0.2) is 67.5 Å². The summed E-state index contributed by atoms with van der Waals surface area (Å²) in [4.78, 5) is 27.4. The molecule has 0 saturated heterocycles. The van der Waals surface area contributed by atoms with Crippen LogP contribution in [0.5, 0.6) is 0 Å². The Morgan fingerprint density at radius 1 is 0.904 bits per heavy atom. The van der Waals surface area contributed by atoms with Gasteiger partial charge in [0.25, 0.3) is 0 Å². The standard InChI is InChI=1S/C39H51F3N4O5S/c1-26(2)24-46(52(50,51)31-17-15-27(3)16-18-31)25-33(47)32(21-28-11-8-7-9-12-28)44-36(49)35(37(4,5)6)45-34(48)23-43-38(19-20-38)29-13-10-14-30(22-29)39(40,41)42/h7-18,22,26,32-33,35,43,47H,19-21,23-25H2,1-6H3,(H,44,49)(H,45,48)/t32-,33+,35+/m0/s1. The van der Waals surface area contributed by atoms with E-state index in [2.05, 4.69) is 16.0 Å². The molecule has 4 rings (SSSR count). The van der Waals surface area contributed by atoms with Crippen LogP contribution in [0.1, 0.15) is 69.7 Å². The average Bonchev–Trinajstić information content (AvgIpc) is 3.86. The van der Waals surface area contributed by atoms with Crippen LogP contribution < -0.4 is 16.0 Å². The van der Waals surface area contributed by atoms with Crippen LogP contribution in [-0.2, 0) is 37.7 Å². The predicted octanol–water partition coefficient (Wildman–Crippen LogP) is 5.56. The van der Waals surface area contributed by atoms with E-state index in [1.165, 1.54) is 22.5 Å². The summed E-state index contributed by atoms with van der Waals surface area (Å²) in [6, 6.07) is 18.7. The first-order valence-corrected chi connectivity index (χ1v) is 19.0. The van der Waals surface area contributed by atoms with Crippen molar-refractivity contribution in [2.24, 2.45) is 11.3 Å². The number of hydrogen-bond acceptors (Lipinski definition) is 6. The number of benzene rings is 3. The number of carbonyl (C=O) groups excluding carboxylic acids is 2. The van der Waals surface area contributed by atoms with Gasteiger partial charge in [0.2, 0.25) is 21.8 Å². The van der Waals surface area contributed by atoms with E-state index in [-0.39, 0.29) is 36.9 Å². The maximum Gasteiger partial charge on any atom is 0.416 e. The summed E-state index contributed by atoms with van der Waals surface area (Å²) in [5.41, 5.74) is -0.191. The van der Waals surface area contributed by atoms with Crippen LogP contribution >= 0.6 is 0 Å². The van der Waals surface area contributed by atoms with Gasteiger partial charge in [0.15, 0.2) is 0 Å². The number of nitrogens with one attached hydrogen (secondary N) is 3. The maximum atomic E-state index is 14.0. The van der Waals surface area contributed by atoms with Gasteiger partial charge in [-0.05, 0) is 72.9 Å². The summed E-state index contributed by atoms with van der Waals surface area (Å²) in [7, 11) is -4.00. The van der Waals surface area contributed by atoms with Gasteiger partial charge >= 0.3 is 6.18 Å².